The molecule has 0 spiro atoms. The van der Waals surface area contributed by atoms with Crippen LogP contribution < -0.4 is 4.72 Å². The topological polar surface area (TPSA) is 62.6 Å². The molecule has 1 aromatic rings. The Morgan fingerprint density at radius 2 is 1.94 bits per heavy atom. The number of nitrogens with zero attached hydrogens (tertiary/aromatic N) is 1. The van der Waals surface area contributed by atoms with Crippen molar-refractivity contribution in [1.29, 1.82) is 0 Å². The molecule has 0 aliphatic carbocycles. The van der Waals surface area contributed by atoms with Crippen molar-refractivity contribution in [3.63, 3.8) is 0 Å². The van der Waals surface area contributed by atoms with Crippen molar-refractivity contribution in [2.24, 2.45) is 0 Å². The van der Waals surface area contributed by atoms with E-state index in [2.05, 4.69) is 4.72 Å². The molecule has 0 aromatic carbocycles. The zero-order valence-corrected chi connectivity index (χ0v) is 11.7. The lowest BCUT2D eigenvalue weighted by atomic mass is 10.2. The second-order valence-electron chi connectivity index (χ2n) is 4.75. The van der Waals surface area contributed by atoms with Crippen molar-refractivity contribution in [3.8, 4) is 0 Å². The Balaban J connectivity index is 2.03. The monoisotopic (exact) mass is 272 g/mol. The van der Waals surface area contributed by atoms with Gasteiger partial charge in [-0.3, -0.25) is 0 Å². The summed E-state index contributed by atoms with van der Waals surface area (Å²) in [5.41, 5.74) is 0. The van der Waals surface area contributed by atoms with Gasteiger partial charge < -0.3 is 4.42 Å². The minimum absolute atomic E-state index is 0.342. The van der Waals surface area contributed by atoms with Gasteiger partial charge in [-0.05, 0) is 38.8 Å². The predicted molar refractivity (Wildman–Crippen MR) is 69.3 cm³/mol. The van der Waals surface area contributed by atoms with E-state index in [-0.39, 0.29) is 6.04 Å². The average Bonchev–Trinajstić information content (AvgIpc) is 2.77. The molecular weight excluding hydrogens is 252 g/mol. The van der Waals surface area contributed by atoms with E-state index in [1.54, 1.807) is 13.0 Å². The van der Waals surface area contributed by atoms with Crippen LogP contribution in [0.25, 0.3) is 0 Å². The van der Waals surface area contributed by atoms with Crippen LogP contribution in [0.5, 0.6) is 0 Å². The fourth-order valence-corrected chi connectivity index (χ4v) is 3.60. The maximum absolute atomic E-state index is 12.1. The molecule has 2 rings (SSSR count). The van der Waals surface area contributed by atoms with Crippen molar-refractivity contribution in [2.75, 3.05) is 13.1 Å². The maximum Gasteiger partial charge on any atom is 0.280 e. The first-order valence-corrected chi connectivity index (χ1v) is 7.77. The van der Waals surface area contributed by atoms with Crippen LogP contribution in [0.1, 0.15) is 43.7 Å². The second-order valence-corrected chi connectivity index (χ2v) is 6.45. The molecule has 1 atom stereocenters. The first kappa shape index (κ1) is 13.6. The fraction of sp³-hybridized carbons (Fsp3) is 0.667. The normalized spacial score (nSPS) is 19.9. The Kier molecular flexibility index (Phi) is 4.09. The van der Waals surface area contributed by atoms with E-state index in [0.29, 0.717) is 18.8 Å². The van der Waals surface area contributed by atoms with Gasteiger partial charge >= 0.3 is 0 Å². The molecular formula is C12H20N2O3S. The SMILES string of the molecule is Cc1ccc(C(C)NS(=O)(=O)N2CCCCC2)o1. The van der Waals surface area contributed by atoms with Crippen molar-refractivity contribution < 1.29 is 12.8 Å². The molecule has 1 aromatic heterocycles. The van der Waals surface area contributed by atoms with Crippen molar-refractivity contribution in [2.45, 2.75) is 39.2 Å². The molecule has 5 nitrogen and oxygen atoms in total. The molecule has 1 N–H and O–H groups in total. The third-order valence-corrected chi connectivity index (χ3v) is 4.86. The lowest BCUT2D eigenvalue weighted by molar-refractivity contribution is 0.336. The predicted octanol–water partition coefficient (Wildman–Crippen LogP) is 1.97. The number of furan rings is 1. The van der Waals surface area contributed by atoms with Crippen LogP contribution in [-0.4, -0.2) is 25.8 Å². The number of rotatable bonds is 4. The van der Waals surface area contributed by atoms with Crippen LogP contribution in [0, 0.1) is 6.92 Å². The molecule has 2 heterocycles. The van der Waals surface area contributed by atoms with Gasteiger partial charge in [0, 0.05) is 13.1 Å². The van der Waals surface area contributed by atoms with Gasteiger partial charge in [-0.15, -0.1) is 0 Å². The molecule has 6 heteroatoms. The van der Waals surface area contributed by atoms with Crippen molar-refractivity contribution >= 4 is 10.2 Å². The van der Waals surface area contributed by atoms with Gasteiger partial charge in [0.05, 0.1) is 6.04 Å². The molecule has 0 radical (unpaired) electrons. The smallest absolute Gasteiger partial charge is 0.280 e. The van der Waals surface area contributed by atoms with Gasteiger partial charge in [0.1, 0.15) is 11.5 Å². The Labute approximate surface area is 108 Å². The zero-order chi connectivity index (χ0) is 13.2. The van der Waals surface area contributed by atoms with Gasteiger partial charge in [-0.1, -0.05) is 6.42 Å². The number of hydrogen-bond acceptors (Lipinski definition) is 3. The van der Waals surface area contributed by atoms with Gasteiger partial charge in [0.2, 0.25) is 0 Å². The highest BCUT2D eigenvalue weighted by Crippen LogP contribution is 2.19. The Morgan fingerprint density at radius 3 is 2.50 bits per heavy atom. The molecule has 0 saturated carbocycles. The molecule has 0 bridgehead atoms. The number of piperidine rings is 1. The van der Waals surface area contributed by atoms with Gasteiger partial charge in [-0.25, -0.2) is 0 Å². The molecule has 1 unspecified atom stereocenters. The van der Waals surface area contributed by atoms with E-state index < -0.39 is 10.2 Å². The minimum Gasteiger partial charge on any atom is -0.465 e. The highest BCUT2D eigenvalue weighted by atomic mass is 32.2. The summed E-state index contributed by atoms with van der Waals surface area (Å²) in [7, 11) is -3.40. The summed E-state index contributed by atoms with van der Waals surface area (Å²) in [4.78, 5) is 0. The number of hydrogen-bond donors (Lipinski definition) is 1. The molecule has 0 amide bonds. The van der Waals surface area contributed by atoms with Crippen LogP contribution in [0.15, 0.2) is 16.5 Å². The van der Waals surface area contributed by atoms with Crippen LogP contribution in [0.4, 0.5) is 0 Å². The van der Waals surface area contributed by atoms with E-state index >= 15 is 0 Å². The van der Waals surface area contributed by atoms with E-state index in [4.69, 9.17) is 4.42 Å². The van der Waals surface area contributed by atoms with E-state index in [1.165, 1.54) is 4.31 Å². The van der Waals surface area contributed by atoms with Crippen molar-refractivity contribution in [1.82, 2.24) is 9.03 Å². The molecule has 1 aliphatic rings. The summed E-state index contributed by atoms with van der Waals surface area (Å²) in [6.45, 7) is 4.85. The summed E-state index contributed by atoms with van der Waals surface area (Å²) in [6.07, 6.45) is 2.99. The van der Waals surface area contributed by atoms with E-state index in [0.717, 1.165) is 25.0 Å². The molecule has 18 heavy (non-hydrogen) atoms. The molecule has 1 fully saturated rings. The first-order valence-electron chi connectivity index (χ1n) is 6.33. The minimum atomic E-state index is -3.40. The third-order valence-electron chi connectivity index (χ3n) is 3.17. The Hall–Kier alpha value is -0.850. The van der Waals surface area contributed by atoms with E-state index in [9.17, 15) is 8.42 Å². The summed E-state index contributed by atoms with van der Waals surface area (Å²) < 4.78 is 33.9. The summed E-state index contributed by atoms with van der Waals surface area (Å²) in [6, 6.07) is 3.30. The Morgan fingerprint density at radius 1 is 1.28 bits per heavy atom. The maximum atomic E-state index is 12.1. The van der Waals surface area contributed by atoms with Crippen LogP contribution in [0.3, 0.4) is 0 Å². The first-order chi connectivity index (χ1) is 8.49. The molecule has 1 saturated heterocycles. The zero-order valence-electron chi connectivity index (χ0n) is 10.8. The Bertz CT molecular complexity index is 489. The van der Waals surface area contributed by atoms with Gasteiger partial charge in [0.25, 0.3) is 10.2 Å². The van der Waals surface area contributed by atoms with Crippen LogP contribution in [-0.2, 0) is 10.2 Å². The fourth-order valence-electron chi connectivity index (χ4n) is 2.15. The summed E-state index contributed by atoms with van der Waals surface area (Å²) >= 11 is 0. The summed E-state index contributed by atoms with van der Waals surface area (Å²) in [5.74, 6) is 1.43. The van der Waals surface area contributed by atoms with Crippen LogP contribution >= 0.6 is 0 Å². The average molecular weight is 272 g/mol. The summed E-state index contributed by atoms with van der Waals surface area (Å²) in [5, 5.41) is 0. The standard InChI is InChI=1S/C12H20N2O3S/c1-10-6-7-12(17-10)11(2)13-18(15,16)14-8-4-3-5-9-14/h6-7,11,13H,3-5,8-9H2,1-2H3. The molecule has 102 valence electrons. The highest BCUT2D eigenvalue weighted by molar-refractivity contribution is 7.87. The number of nitrogens with one attached hydrogen (secondary N) is 1. The lowest BCUT2D eigenvalue weighted by Gasteiger charge is -2.27. The van der Waals surface area contributed by atoms with E-state index in [1.807, 2.05) is 13.0 Å². The third kappa shape index (κ3) is 3.13. The highest BCUT2D eigenvalue weighted by Gasteiger charge is 2.26. The largest absolute Gasteiger partial charge is 0.465 e. The molecule has 1 aliphatic heterocycles. The quantitative estimate of drug-likeness (QED) is 0.911. The second kappa shape index (κ2) is 5.42. The van der Waals surface area contributed by atoms with Gasteiger partial charge in [-0.2, -0.15) is 17.4 Å². The van der Waals surface area contributed by atoms with Crippen molar-refractivity contribution in [3.05, 3.63) is 23.7 Å². The van der Waals surface area contributed by atoms with Gasteiger partial charge in [0.15, 0.2) is 0 Å². The number of aryl methyl sites for hydroxylation is 1. The lowest BCUT2D eigenvalue weighted by Crippen LogP contribution is -2.44. The van der Waals surface area contributed by atoms with Crippen LogP contribution in [0.2, 0.25) is 0 Å².